The fourth-order valence-corrected chi connectivity index (χ4v) is 2.37. The van der Waals surface area contributed by atoms with Gasteiger partial charge in [-0.2, -0.15) is 8.78 Å². The van der Waals surface area contributed by atoms with E-state index >= 15 is 0 Å². The quantitative estimate of drug-likeness (QED) is 0.888. The number of anilines is 1. The van der Waals surface area contributed by atoms with Crippen LogP contribution in [0, 0.1) is 0 Å². The number of thiophene rings is 1. The normalized spacial score (nSPS) is 10.4. The molecule has 0 aliphatic rings. The maximum absolute atomic E-state index is 12.3. The fraction of sp³-hybridized carbons (Fsp3) is 0.0769. The van der Waals surface area contributed by atoms with E-state index in [1.165, 1.54) is 35.7 Å². The molecule has 21 heavy (non-hydrogen) atoms. The van der Waals surface area contributed by atoms with Crippen molar-refractivity contribution in [1.82, 2.24) is 0 Å². The number of carboxylic acid groups (broad SMARTS) is 1. The number of amides is 1. The van der Waals surface area contributed by atoms with Gasteiger partial charge in [0.25, 0.3) is 5.91 Å². The molecule has 0 aliphatic heterocycles. The molecule has 8 heteroatoms. The number of para-hydroxylation sites is 1. The van der Waals surface area contributed by atoms with Crippen LogP contribution in [0.4, 0.5) is 13.8 Å². The highest BCUT2D eigenvalue weighted by atomic mass is 32.1. The van der Waals surface area contributed by atoms with E-state index in [2.05, 4.69) is 10.1 Å². The minimum atomic E-state index is -3.06. The van der Waals surface area contributed by atoms with Crippen molar-refractivity contribution in [3.8, 4) is 5.75 Å². The molecule has 0 aliphatic carbocycles. The fourth-order valence-electron chi connectivity index (χ4n) is 1.60. The standard InChI is InChI=1S/C13H9F2NO4S/c14-13(15)20-9-4-2-1-3-7(9)10(17)16-11-8(12(18)19)5-6-21-11/h1-6,13H,(H,16,17)(H,18,19). The van der Waals surface area contributed by atoms with E-state index in [-0.39, 0.29) is 21.9 Å². The molecule has 1 aromatic carbocycles. The van der Waals surface area contributed by atoms with Gasteiger partial charge in [0.05, 0.1) is 11.1 Å². The first-order valence-corrected chi connectivity index (χ1v) is 6.53. The molecule has 110 valence electrons. The Morgan fingerprint density at radius 3 is 2.57 bits per heavy atom. The molecular formula is C13H9F2NO4S. The van der Waals surface area contributed by atoms with Crippen LogP contribution in [0.2, 0.25) is 0 Å². The van der Waals surface area contributed by atoms with Crippen LogP contribution in [-0.4, -0.2) is 23.6 Å². The number of hydrogen-bond acceptors (Lipinski definition) is 4. The van der Waals surface area contributed by atoms with Gasteiger partial charge in [0.2, 0.25) is 0 Å². The zero-order valence-corrected chi connectivity index (χ0v) is 11.2. The lowest BCUT2D eigenvalue weighted by Crippen LogP contribution is -2.15. The van der Waals surface area contributed by atoms with Crippen molar-refractivity contribution in [3.05, 3.63) is 46.8 Å². The second-order valence-electron chi connectivity index (χ2n) is 3.80. The van der Waals surface area contributed by atoms with Crippen molar-refractivity contribution < 1.29 is 28.2 Å². The van der Waals surface area contributed by atoms with Gasteiger partial charge in [0, 0.05) is 0 Å². The van der Waals surface area contributed by atoms with Gasteiger partial charge in [-0.1, -0.05) is 12.1 Å². The monoisotopic (exact) mass is 313 g/mol. The number of aromatic carboxylic acids is 1. The van der Waals surface area contributed by atoms with Crippen LogP contribution in [-0.2, 0) is 0 Å². The van der Waals surface area contributed by atoms with Gasteiger partial charge >= 0.3 is 12.6 Å². The molecule has 2 aromatic rings. The number of hydrogen-bond donors (Lipinski definition) is 2. The van der Waals surface area contributed by atoms with E-state index in [1.54, 1.807) is 0 Å². The second-order valence-corrected chi connectivity index (χ2v) is 4.71. The molecule has 0 radical (unpaired) electrons. The summed E-state index contributed by atoms with van der Waals surface area (Å²) in [6, 6.07) is 6.81. The van der Waals surface area contributed by atoms with Crippen molar-refractivity contribution >= 4 is 28.2 Å². The van der Waals surface area contributed by atoms with E-state index in [4.69, 9.17) is 5.11 Å². The van der Waals surface area contributed by atoms with E-state index in [0.29, 0.717) is 0 Å². The summed E-state index contributed by atoms with van der Waals surface area (Å²) in [4.78, 5) is 23.0. The van der Waals surface area contributed by atoms with Crippen molar-refractivity contribution in [2.45, 2.75) is 6.61 Å². The Hall–Kier alpha value is -2.48. The highest BCUT2D eigenvalue weighted by Crippen LogP contribution is 2.26. The van der Waals surface area contributed by atoms with Gasteiger partial charge in [-0.25, -0.2) is 4.79 Å². The lowest BCUT2D eigenvalue weighted by atomic mass is 10.2. The molecule has 1 aromatic heterocycles. The number of ether oxygens (including phenoxy) is 1. The highest BCUT2D eigenvalue weighted by molar-refractivity contribution is 7.14. The number of alkyl halides is 2. The number of rotatable bonds is 5. The first kappa shape index (κ1) is 14.9. The van der Waals surface area contributed by atoms with Crippen molar-refractivity contribution in [3.63, 3.8) is 0 Å². The molecular weight excluding hydrogens is 304 g/mol. The van der Waals surface area contributed by atoms with E-state index in [9.17, 15) is 18.4 Å². The summed E-state index contributed by atoms with van der Waals surface area (Å²) in [5.74, 6) is -2.20. The smallest absolute Gasteiger partial charge is 0.387 e. The minimum Gasteiger partial charge on any atom is -0.478 e. The molecule has 0 saturated heterocycles. The third-order valence-electron chi connectivity index (χ3n) is 2.47. The van der Waals surface area contributed by atoms with Gasteiger partial charge in [-0.05, 0) is 23.6 Å². The Balaban J connectivity index is 2.24. The third-order valence-corrected chi connectivity index (χ3v) is 3.30. The predicted octanol–water partition coefficient (Wildman–Crippen LogP) is 3.30. The zero-order chi connectivity index (χ0) is 15.4. The summed E-state index contributed by atoms with van der Waals surface area (Å²) in [6.07, 6.45) is 0. The van der Waals surface area contributed by atoms with Gasteiger partial charge in [0.1, 0.15) is 10.8 Å². The molecule has 2 rings (SSSR count). The highest BCUT2D eigenvalue weighted by Gasteiger charge is 2.18. The lowest BCUT2D eigenvalue weighted by Gasteiger charge is -2.10. The summed E-state index contributed by atoms with van der Waals surface area (Å²) in [5, 5.41) is 12.9. The van der Waals surface area contributed by atoms with E-state index in [1.807, 2.05) is 0 Å². The molecule has 0 bridgehead atoms. The van der Waals surface area contributed by atoms with E-state index < -0.39 is 18.5 Å². The van der Waals surface area contributed by atoms with E-state index in [0.717, 1.165) is 11.3 Å². The SMILES string of the molecule is O=C(Nc1sccc1C(=O)O)c1ccccc1OC(F)F. The van der Waals surface area contributed by atoms with Gasteiger partial charge in [-0.3, -0.25) is 4.79 Å². The van der Waals surface area contributed by atoms with Crippen molar-refractivity contribution in [2.24, 2.45) is 0 Å². The molecule has 1 amide bonds. The average molecular weight is 313 g/mol. The first-order chi connectivity index (χ1) is 9.99. The van der Waals surface area contributed by atoms with Crippen LogP contribution in [0.25, 0.3) is 0 Å². The van der Waals surface area contributed by atoms with Crippen LogP contribution in [0.1, 0.15) is 20.7 Å². The molecule has 5 nitrogen and oxygen atoms in total. The molecule has 0 saturated carbocycles. The van der Waals surface area contributed by atoms with Crippen molar-refractivity contribution in [2.75, 3.05) is 5.32 Å². The van der Waals surface area contributed by atoms with Crippen molar-refractivity contribution in [1.29, 1.82) is 0 Å². The number of carbonyl (C=O) groups is 2. The second kappa shape index (κ2) is 6.31. The van der Waals surface area contributed by atoms with Gasteiger partial charge in [-0.15, -0.1) is 11.3 Å². The predicted molar refractivity (Wildman–Crippen MR) is 72.3 cm³/mol. The van der Waals surface area contributed by atoms with Gasteiger partial charge < -0.3 is 15.2 Å². The summed E-state index contributed by atoms with van der Waals surface area (Å²) in [5.41, 5.74) is -0.178. The Morgan fingerprint density at radius 1 is 1.19 bits per heavy atom. The zero-order valence-electron chi connectivity index (χ0n) is 10.4. The summed E-state index contributed by atoms with van der Waals surface area (Å²) >= 11 is 1.02. The Labute approximate surface area is 121 Å². The summed E-state index contributed by atoms with van der Waals surface area (Å²) in [7, 11) is 0. The van der Waals surface area contributed by atoms with Crippen LogP contribution >= 0.6 is 11.3 Å². The average Bonchev–Trinajstić information content (AvgIpc) is 2.86. The molecule has 0 unspecified atom stereocenters. The summed E-state index contributed by atoms with van der Waals surface area (Å²) < 4.78 is 28.8. The number of carboxylic acids is 1. The number of halogens is 2. The summed E-state index contributed by atoms with van der Waals surface area (Å²) in [6.45, 7) is -3.06. The topological polar surface area (TPSA) is 75.6 Å². The maximum atomic E-state index is 12.3. The molecule has 0 fully saturated rings. The Morgan fingerprint density at radius 2 is 1.90 bits per heavy atom. The first-order valence-electron chi connectivity index (χ1n) is 5.65. The third kappa shape index (κ3) is 3.54. The van der Waals surface area contributed by atoms with Crippen LogP contribution < -0.4 is 10.1 Å². The molecule has 0 atom stereocenters. The molecule has 2 N–H and O–H groups in total. The number of carbonyl (C=O) groups excluding carboxylic acids is 1. The Bertz CT molecular complexity index is 672. The Kier molecular flexibility index (Phi) is 4.49. The maximum Gasteiger partial charge on any atom is 0.387 e. The van der Waals surface area contributed by atoms with Crippen LogP contribution in [0.3, 0.4) is 0 Å². The van der Waals surface area contributed by atoms with Crippen LogP contribution in [0.15, 0.2) is 35.7 Å². The van der Waals surface area contributed by atoms with Crippen LogP contribution in [0.5, 0.6) is 5.75 Å². The van der Waals surface area contributed by atoms with Gasteiger partial charge in [0.15, 0.2) is 0 Å². The number of nitrogens with one attached hydrogen (secondary N) is 1. The largest absolute Gasteiger partial charge is 0.478 e. The molecule has 1 heterocycles. The molecule has 0 spiro atoms. The lowest BCUT2D eigenvalue weighted by molar-refractivity contribution is -0.0501. The minimum absolute atomic E-state index is 0.0689. The number of benzene rings is 1.